The third kappa shape index (κ3) is 6.80. The molecule has 1 atom stereocenters. The molecule has 124 valence electrons. The van der Waals surface area contributed by atoms with Gasteiger partial charge in [-0.15, -0.1) is 13.2 Å². The number of benzene rings is 1. The number of alkyl halides is 3. The van der Waals surface area contributed by atoms with E-state index >= 15 is 0 Å². The Morgan fingerprint density at radius 3 is 2.50 bits per heavy atom. The van der Waals surface area contributed by atoms with Gasteiger partial charge in [-0.05, 0) is 23.1 Å². The highest BCUT2D eigenvalue weighted by Crippen LogP contribution is 2.23. The highest BCUT2D eigenvalue weighted by Gasteiger charge is 2.31. The van der Waals surface area contributed by atoms with Crippen LogP contribution >= 0.6 is 0 Å². The van der Waals surface area contributed by atoms with Crippen LogP contribution in [-0.4, -0.2) is 30.0 Å². The number of hydrogen-bond acceptors (Lipinski definition) is 3. The molecule has 0 spiro atoms. The number of nitrogens with one attached hydrogen (secondary N) is 1. The Hall–Kier alpha value is -1.76. The number of ether oxygens (including phenoxy) is 1. The molecule has 7 heteroatoms. The quantitative estimate of drug-likeness (QED) is 0.877. The van der Waals surface area contributed by atoms with Crippen LogP contribution in [0, 0.1) is 5.41 Å². The smallest absolute Gasteiger partial charge is 0.406 e. The van der Waals surface area contributed by atoms with Gasteiger partial charge < -0.3 is 15.2 Å². The molecule has 0 saturated carbocycles. The number of carbonyl (C=O) groups excluding carboxylic acids is 1. The molecule has 2 N–H and O–H groups in total. The monoisotopic (exact) mass is 319 g/mol. The highest BCUT2D eigenvalue weighted by atomic mass is 19.4. The van der Waals surface area contributed by atoms with Gasteiger partial charge in [-0.2, -0.15) is 0 Å². The number of aliphatic hydroxyl groups is 1. The fourth-order valence-corrected chi connectivity index (χ4v) is 1.62. The Bertz CT molecular complexity index is 509. The fourth-order valence-electron chi connectivity index (χ4n) is 1.62. The standard InChI is InChI=1S/C15H20F3NO3/c1-14(2,3)12(20)9-19-13(21)8-10-5-4-6-11(7-10)22-15(16,17)18/h4-7,12,20H,8-9H2,1-3H3,(H,19,21). The summed E-state index contributed by atoms with van der Waals surface area (Å²) in [4.78, 5) is 11.8. The van der Waals surface area contributed by atoms with Crippen LogP contribution in [0.2, 0.25) is 0 Å². The van der Waals surface area contributed by atoms with Crippen LogP contribution in [0.5, 0.6) is 5.75 Å². The maximum Gasteiger partial charge on any atom is 0.573 e. The zero-order valence-corrected chi connectivity index (χ0v) is 12.7. The van der Waals surface area contributed by atoms with Gasteiger partial charge in [-0.25, -0.2) is 0 Å². The molecule has 1 rings (SSSR count). The number of aliphatic hydroxyl groups excluding tert-OH is 1. The predicted octanol–water partition coefficient (Wildman–Crippen LogP) is 2.65. The van der Waals surface area contributed by atoms with E-state index in [1.165, 1.54) is 12.1 Å². The molecule has 0 saturated heterocycles. The van der Waals surface area contributed by atoms with E-state index in [-0.39, 0.29) is 30.0 Å². The average molecular weight is 319 g/mol. The first-order valence-corrected chi connectivity index (χ1v) is 6.77. The van der Waals surface area contributed by atoms with Crippen LogP contribution in [0.3, 0.4) is 0 Å². The van der Waals surface area contributed by atoms with Crippen LogP contribution in [0.25, 0.3) is 0 Å². The van der Waals surface area contributed by atoms with Gasteiger partial charge in [0.1, 0.15) is 5.75 Å². The number of halogens is 3. The van der Waals surface area contributed by atoms with E-state index in [0.29, 0.717) is 5.56 Å². The summed E-state index contributed by atoms with van der Waals surface area (Å²) < 4.78 is 40.2. The second-order valence-corrected chi connectivity index (χ2v) is 6.06. The van der Waals surface area contributed by atoms with E-state index in [0.717, 1.165) is 12.1 Å². The van der Waals surface area contributed by atoms with Crippen molar-refractivity contribution in [2.24, 2.45) is 5.41 Å². The van der Waals surface area contributed by atoms with E-state index in [1.54, 1.807) is 0 Å². The molecule has 22 heavy (non-hydrogen) atoms. The zero-order valence-electron chi connectivity index (χ0n) is 12.7. The summed E-state index contributed by atoms with van der Waals surface area (Å²) in [6, 6.07) is 5.24. The molecule has 0 aromatic heterocycles. The van der Waals surface area contributed by atoms with Crippen LogP contribution in [-0.2, 0) is 11.2 Å². The molecule has 1 unspecified atom stereocenters. The van der Waals surface area contributed by atoms with E-state index in [9.17, 15) is 23.1 Å². The highest BCUT2D eigenvalue weighted by molar-refractivity contribution is 5.78. The molecule has 1 amide bonds. The number of amides is 1. The zero-order chi connectivity index (χ0) is 17.0. The summed E-state index contributed by atoms with van der Waals surface area (Å²) >= 11 is 0. The molecular weight excluding hydrogens is 299 g/mol. The fraction of sp³-hybridized carbons (Fsp3) is 0.533. The van der Waals surface area contributed by atoms with Crippen molar-refractivity contribution in [1.82, 2.24) is 5.32 Å². The Kier molecular flexibility index (Phi) is 5.82. The van der Waals surface area contributed by atoms with E-state index < -0.39 is 12.5 Å². The summed E-state index contributed by atoms with van der Waals surface area (Å²) in [7, 11) is 0. The minimum Gasteiger partial charge on any atom is -0.406 e. The molecule has 0 bridgehead atoms. The molecule has 0 radical (unpaired) electrons. The first-order chi connectivity index (χ1) is 9.97. The van der Waals surface area contributed by atoms with Crippen molar-refractivity contribution < 1.29 is 27.8 Å². The first-order valence-electron chi connectivity index (χ1n) is 6.77. The third-order valence-electron chi connectivity index (χ3n) is 2.99. The Morgan fingerprint density at radius 1 is 1.32 bits per heavy atom. The SMILES string of the molecule is CC(C)(C)C(O)CNC(=O)Cc1cccc(OC(F)(F)F)c1. The summed E-state index contributed by atoms with van der Waals surface area (Å²) in [5.41, 5.74) is 0.0257. The number of hydrogen-bond donors (Lipinski definition) is 2. The Morgan fingerprint density at radius 2 is 1.95 bits per heavy atom. The minimum absolute atomic E-state index is 0.0844. The van der Waals surface area contributed by atoms with Crippen LogP contribution in [0.4, 0.5) is 13.2 Å². The Labute approximate surface area is 127 Å². The minimum atomic E-state index is -4.77. The molecule has 4 nitrogen and oxygen atoms in total. The van der Waals surface area contributed by atoms with Crippen LogP contribution < -0.4 is 10.1 Å². The lowest BCUT2D eigenvalue weighted by Crippen LogP contribution is -2.39. The number of rotatable bonds is 5. The van der Waals surface area contributed by atoms with Crippen molar-refractivity contribution in [3.63, 3.8) is 0 Å². The van der Waals surface area contributed by atoms with Crippen LogP contribution in [0.1, 0.15) is 26.3 Å². The molecular formula is C15H20F3NO3. The summed E-state index contributed by atoms with van der Waals surface area (Å²) in [5, 5.41) is 12.4. The van der Waals surface area contributed by atoms with Gasteiger partial charge >= 0.3 is 6.36 Å². The van der Waals surface area contributed by atoms with Crippen molar-refractivity contribution in [2.75, 3.05) is 6.54 Å². The maximum absolute atomic E-state index is 12.1. The first kappa shape index (κ1) is 18.3. The molecule has 1 aromatic carbocycles. The van der Waals surface area contributed by atoms with E-state index in [4.69, 9.17) is 0 Å². The predicted molar refractivity (Wildman–Crippen MR) is 75.3 cm³/mol. The lowest BCUT2D eigenvalue weighted by molar-refractivity contribution is -0.274. The van der Waals surface area contributed by atoms with Gasteiger partial charge in [0, 0.05) is 6.54 Å². The molecule has 0 aliphatic heterocycles. The summed E-state index contributed by atoms with van der Waals surface area (Å²) in [6.45, 7) is 5.59. The van der Waals surface area contributed by atoms with Gasteiger partial charge in [-0.3, -0.25) is 4.79 Å². The third-order valence-corrected chi connectivity index (χ3v) is 2.99. The van der Waals surface area contributed by atoms with E-state index in [1.807, 2.05) is 20.8 Å². The molecule has 0 heterocycles. The largest absolute Gasteiger partial charge is 0.573 e. The molecule has 0 aliphatic rings. The molecule has 1 aromatic rings. The lowest BCUT2D eigenvalue weighted by Gasteiger charge is -2.25. The van der Waals surface area contributed by atoms with Gasteiger partial charge in [0.25, 0.3) is 0 Å². The maximum atomic E-state index is 12.1. The number of carbonyl (C=O) groups is 1. The van der Waals surface area contributed by atoms with Crippen molar-refractivity contribution in [3.8, 4) is 5.75 Å². The van der Waals surface area contributed by atoms with Crippen molar-refractivity contribution in [2.45, 2.75) is 39.7 Å². The van der Waals surface area contributed by atoms with Gasteiger partial charge in [-0.1, -0.05) is 32.9 Å². The van der Waals surface area contributed by atoms with Crippen molar-refractivity contribution in [3.05, 3.63) is 29.8 Å². The van der Waals surface area contributed by atoms with Gasteiger partial charge in [0.05, 0.1) is 12.5 Å². The molecule has 0 fully saturated rings. The summed E-state index contributed by atoms with van der Waals surface area (Å²) in [5.74, 6) is -0.750. The molecule has 0 aliphatic carbocycles. The lowest BCUT2D eigenvalue weighted by atomic mass is 9.89. The average Bonchev–Trinajstić information content (AvgIpc) is 2.33. The second-order valence-electron chi connectivity index (χ2n) is 6.06. The van der Waals surface area contributed by atoms with E-state index in [2.05, 4.69) is 10.1 Å². The van der Waals surface area contributed by atoms with Gasteiger partial charge in [0.15, 0.2) is 0 Å². The Balaban J connectivity index is 2.56. The van der Waals surface area contributed by atoms with Gasteiger partial charge in [0.2, 0.25) is 5.91 Å². The topological polar surface area (TPSA) is 58.6 Å². The van der Waals surface area contributed by atoms with Crippen LogP contribution in [0.15, 0.2) is 24.3 Å². The van der Waals surface area contributed by atoms with Crippen molar-refractivity contribution in [1.29, 1.82) is 0 Å². The van der Waals surface area contributed by atoms with Crippen molar-refractivity contribution >= 4 is 5.91 Å². The second kappa shape index (κ2) is 7.00. The summed E-state index contributed by atoms with van der Waals surface area (Å²) in [6.07, 6.45) is -5.57. The normalized spacial score (nSPS) is 13.6.